The Morgan fingerprint density at radius 2 is 1.89 bits per heavy atom. The van der Waals surface area contributed by atoms with E-state index in [1.165, 1.54) is 13.2 Å². The van der Waals surface area contributed by atoms with Crippen LogP contribution in [-0.2, 0) is 0 Å². The molecule has 0 spiro atoms. The molecule has 4 heteroatoms. The Balaban J connectivity index is 2.49. The molecule has 2 aromatic rings. The van der Waals surface area contributed by atoms with Crippen molar-refractivity contribution in [2.24, 2.45) is 0 Å². The molecule has 0 heterocycles. The number of hydrogen-bond acceptors (Lipinski definition) is 2. The van der Waals surface area contributed by atoms with Gasteiger partial charge in [0.25, 0.3) is 0 Å². The monoisotopic (exact) mass is 324 g/mol. The number of aliphatic hydroxyl groups excluding tert-OH is 1. The Morgan fingerprint density at radius 1 is 1.16 bits per heavy atom. The van der Waals surface area contributed by atoms with E-state index in [1.807, 2.05) is 0 Å². The van der Waals surface area contributed by atoms with Crippen molar-refractivity contribution in [3.05, 3.63) is 63.4 Å². The largest absolute Gasteiger partial charge is 0.496 e. The van der Waals surface area contributed by atoms with Crippen molar-refractivity contribution in [2.45, 2.75) is 13.0 Å². The van der Waals surface area contributed by atoms with Crippen LogP contribution in [0.1, 0.15) is 22.8 Å². The molecule has 100 valence electrons. The minimum Gasteiger partial charge on any atom is -0.496 e. The van der Waals surface area contributed by atoms with Crippen molar-refractivity contribution in [1.29, 1.82) is 0 Å². The standard InChI is InChI=1S/C15H14BrFO2/c1-9-3-5-11(13(17)7-9)15(18)12-8-10(16)4-6-14(12)19-2/h3-8,15,18H,1-2H3. The molecule has 0 radical (unpaired) electrons. The molecule has 0 saturated heterocycles. The van der Waals surface area contributed by atoms with Gasteiger partial charge >= 0.3 is 0 Å². The lowest BCUT2D eigenvalue weighted by molar-refractivity contribution is 0.209. The van der Waals surface area contributed by atoms with Gasteiger partial charge in [0.2, 0.25) is 0 Å². The molecule has 2 rings (SSSR count). The highest BCUT2D eigenvalue weighted by Crippen LogP contribution is 2.33. The molecule has 1 atom stereocenters. The summed E-state index contributed by atoms with van der Waals surface area (Å²) < 4.78 is 19.9. The van der Waals surface area contributed by atoms with E-state index in [2.05, 4.69) is 15.9 Å². The molecule has 0 bridgehead atoms. The van der Waals surface area contributed by atoms with Gasteiger partial charge in [-0.25, -0.2) is 4.39 Å². The highest BCUT2D eigenvalue weighted by Gasteiger charge is 2.19. The van der Waals surface area contributed by atoms with Crippen molar-refractivity contribution in [3.8, 4) is 5.75 Å². The summed E-state index contributed by atoms with van der Waals surface area (Å²) in [4.78, 5) is 0. The SMILES string of the molecule is COc1ccc(Br)cc1C(O)c1ccc(C)cc1F. The van der Waals surface area contributed by atoms with Gasteiger partial charge < -0.3 is 9.84 Å². The van der Waals surface area contributed by atoms with Crippen LogP contribution in [0.3, 0.4) is 0 Å². The number of rotatable bonds is 3. The zero-order chi connectivity index (χ0) is 14.0. The number of methoxy groups -OCH3 is 1. The lowest BCUT2D eigenvalue weighted by Crippen LogP contribution is -2.05. The van der Waals surface area contributed by atoms with E-state index in [1.54, 1.807) is 37.3 Å². The number of halogens is 2. The number of aryl methyl sites for hydroxylation is 1. The van der Waals surface area contributed by atoms with Crippen molar-refractivity contribution in [3.63, 3.8) is 0 Å². The minimum atomic E-state index is -1.06. The van der Waals surface area contributed by atoms with Crippen molar-refractivity contribution >= 4 is 15.9 Å². The third kappa shape index (κ3) is 2.96. The zero-order valence-corrected chi connectivity index (χ0v) is 12.2. The molecule has 0 aliphatic carbocycles. The van der Waals surface area contributed by atoms with Gasteiger partial charge in [0.15, 0.2) is 0 Å². The average molecular weight is 325 g/mol. The molecule has 2 nitrogen and oxygen atoms in total. The van der Waals surface area contributed by atoms with Crippen LogP contribution in [-0.4, -0.2) is 12.2 Å². The quantitative estimate of drug-likeness (QED) is 0.925. The third-order valence-corrected chi connectivity index (χ3v) is 3.43. The smallest absolute Gasteiger partial charge is 0.129 e. The van der Waals surface area contributed by atoms with E-state index in [0.29, 0.717) is 11.3 Å². The van der Waals surface area contributed by atoms with Crippen LogP contribution in [0.2, 0.25) is 0 Å². The van der Waals surface area contributed by atoms with Gasteiger partial charge in [-0.1, -0.05) is 28.1 Å². The molecular weight excluding hydrogens is 311 g/mol. The van der Waals surface area contributed by atoms with Gasteiger partial charge in [0.05, 0.1) is 7.11 Å². The Hall–Kier alpha value is -1.39. The Bertz CT molecular complexity index is 599. The first-order valence-electron chi connectivity index (χ1n) is 5.80. The summed E-state index contributed by atoms with van der Waals surface area (Å²) in [5.74, 6) is 0.102. The number of benzene rings is 2. The molecular formula is C15H14BrFO2. The summed E-state index contributed by atoms with van der Waals surface area (Å²) in [6.07, 6.45) is -1.06. The van der Waals surface area contributed by atoms with Crippen LogP contribution in [0.4, 0.5) is 4.39 Å². The van der Waals surface area contributed by atoms with Crippen molar-refractivity contribution < 1.29 is 14.2 Å². The molecule has 1 N–H and O–H groups in total. The van der Waals surface area contributed by atoms with Gasteiger partial charge in [0, 0.05) is 15.6 Å². The predicted molar refractivity (Wildman–Crippen MR) is 75.9 cm³/mol. The highest BCUT2D eigenvalue weighted by molar-refractivity contribution is 9.10. The fourth-order valence-electron chi connectivity index (χ4n) is 1.94. The first-order valence-corrected chi connectivity index (χ1v) is 6.59. The fraction of sp³-hybridized carbons (Fsp3) is 0.200. The van der Waals surface area contributed by atoms with E-state index < -0.39 is 11.9 Å². The lowest BCUT2D eigenvalue weighted by Gasteiger charge is -2.16. The molecule has 0 aliphatic rings. The topological polar surface area (TPSA) is 29.5 Å². The third-order valence-electron chi connectivity index (χ3n) is 2.94. The maximum absolute atomic E-state index is 13.9. The van der Waals surface area contributed by atoms with E-state index in [0.717, 1.165) is 10.0 Å². The summed E-state index contributed by atoms with van der Waals surface area (Å²) in [7, 11) is 1.52. The molecule has 2 aromatic carbocycles. The van der Waals surface area contributed by atoms with E-state index in [4.69, 9.17) is 4.74 Å². The molecule has 0 saturated carbocycles. The fourth-order valence-corrected chi connectivity index (χ4v) is 2.32. The Labute approximate surface area is 120 Å². The number of ether oxygens (including phenoxy) is 1. The summed E-state index contributed by atoms with van der Waals surface area (Å²) >= 11 is 3.34. The first-order chi connectivity index (χ1) is 9.02. The van der Waals surface area contributed by atoms with E-state index in [-0.39, 0.29) is 5.56 Å². The number of hydrogen-bond donors (Lipinski definition) is 1. The Kier molecular flexibility index (Phi) is 4.22. The maximum Gasteiger partial charge on any atom is 0.129 e. The van der Waals surface area contributed by atoms with Gasteiger partial charge in [-0.3, -0.25) is 0 Å². The summed E-state index contributed by atoms with van der Waals surface area (Å²) in [6, 6.07) is 10.0. The molecule has 1 unspecified atom stereocenters. The predicted octanol–water partition coefficient (Wildman–Crippen LogP) is 3.99. The molecule has 19 heavy (non-hydrogen) atoms. The van der Waals surface area contributed by atoms with E-state index >= 15 is 0 Å². The summed E-state index contributed by atoms with van der Waals surface area (Å²) in [6.45, 7) is 1.80. The zero-order valence-electron chi connectivity index (χ0n) is 10.7. The molecule has 0 aliphatic heterocycles. The number of aliphatic hydroxyl groups is 1. The van der Waals surface area contributed by atoms with Gasteiger partial charge in [-0.05, 0) is 36.8 Å². The van der Waals surface area contributed by atoms with Crippen LogP contribution < -0.4 is 4.74 Å². The van der Waals surface area contributed by atoms with Crippen LogP contribution in [0.5, 0.6) is 5.75 Å². The second-order valence-electron chi connectivity index (χ2n) is 4.31. The van der Waals surface area contributed by atoms with Gasteiger partial charge in [-0.2, -0.15) is 0 Å². The molecule has 0 amide bonds. The van der Waals surface area contributed by atoms with Gasteiger partial charge in [0.1, 0.15) is 17.7 Å². The van der Waals surface area contributed by atoms with Crippen molar-refractivity contribution in [1.82, 2.24) is 0 Å². The first kappa shape index (κ1) is 14.0. The van der Waals surface area contributed by atoms with Crippen LogP contribution >= 0.6 is 15.9 Å². The van der Waals surface area contributed by atoms with Crippen LogP contribution in [0, 0.1) is 12.7 Å². The highest BCUT2D eigenvalue weighted by atomic mass is 79.9. The lowest BCUT2D eigenvalue weighted by atomic mass is 9.99. The average Bonchev–Trinajstić information content (AvgIpc) is 2.38. The maximum atomic E-state index is 13.9. The summed E-state index contributed by atoms with van der Waals surface area (Å²) in [5, 5.41) is 10.4. The molecule has 0 aromatic heterocycles. The van der Waals surface area contributed by atoms with E-state index in [9.17, 15) is 9.50 Å². The second kappa shape index (κ2) is 5.72. The minimum absolute atomic E-state index is 0.238. The second-order valence-corrected chi connectivity index (χ2v) is 5.23. The summed E-state index contributed by atoms with van der Waals surface area (Å²) in [5.41, 5.74) is 1.58. The Morgan fingerprint density at radius 3 is 2.53 bits per heavy atom. The van der Waals surface area contributed by atoms with Crippen LogP contribution in [0.15, 0.2) is 40.9 Å². The normalized spacial score (nSPS) is 12.3. The van der Waals surface area contributed by atoms with Crippen LogP contribution in [0.25, 0.3) is 0 Å². The van der Waals surface area contributed by atoms with Gasteiger partial charge in [-0.15, -0.1) is 0 Å². The van der Waals surface area contributed by atoms with Crippen molar-refractivity contribution in [2.75, 3.05) is 7.11 Å². The molecule has 0 fully saturated rings.